The molecule has 0 saturated carbocycles. The first-order valence-corrected chi connectivity index (χ1v) is 10.3. The van der Waals surface area contributed by atoms with Gasteiger partial charge in [0.05, 0.1) is 18.6 Å². The van der Waals surface area contributed by atoms with E-state index in [2.05, 4.69) is 61.3 Å². The van der Waals surface area contributed by atoms with Gasteiger partial charge in [-0.25, -0.2) is 15.0 Å². The van der Waals surface area contributed by atoms with Gasteiger partial charge >= 0.3 is 0 Å². The summed E-state index contributed by atoms with van der Waals surface area (Å²) in [5, 5.41) is 11.9. The summed E-state index contributed by atoms with van der Waals surface area (Å²) >= 11 is 0. The van der Waals surface area contributed by atoms with E-state index in [1.165, 1.54) is 44.0 Å². The third-order valence-electron chi connectivity index (χ3n) is 6.04. The van der Waals surface area contributed by atoms with Crippen LogP contribution < -0.4 is 10.2 Å². The zero-order valence-corrected chi connectivity index (χ0v) is 16.9. The molecule has 8 heteroatoms. The largest absolute Gasteiger partial charge is 0.367 e. The Morgan fingerprint density at radius 2 is 1.83 bits per heavy atom. The number of nitrogens with one attached hydrogen (secondary N) is 1. The lowest BCUT2D eigenvalue weighted by atomic mass is 10.1. The first kappa shape index (κ1) is 18.6. The molecule has 2 atom stereocenters. The van der Waals surface area contributed by atoms with Gasteiger partial charge in [0, 0.05) is 30.0 Å². The molecular formula is C22H24N8. The Bertz CT molecular complexity index is 1050. The highest BCUT2D eigenvalue weighted by Crippen LogP contribution is 2.30. The molecule has 8 nitrogen and oxygen atoms in total. The summed E-state index contributed by atoms with van der Waals surface area (Å²) in [5.74, 6) is 1.22. The van der Waals surface area contributed by atoms with Crippen molar-refractivity contribution in [2.24, 2.45) is 0 Å². The molecule has 2 aromatic heterocycles. The van der Waals surface area contributed by atoms with Crippen LogP contribution in [-0.4, -0.2) is 56.1 Å². The van der Waals surface area contributed by atoms with Crippen LogP contribution in [0.2, 0.25) is 0 Å². The van der Waals surface area contributed by atoms with Gasteiger partial charge in [-0.3, -0.25) is 4.90 Å². The second-order valence-electron chi connectivity index (χ2n) is 7.99. The summed E-state index contributed by atoms with van der Waals surface area (Å²) in [6.45, 7) is 5.96. The predicted molar refractivity (Wildman–Crippen MR) is 115 cm³/mol. The van der Waals surface area contributed by atoms with Crippen molar-refractivity contribution in [3.05, 3.63) is 54.9 Å². The van der Waals surface area contributed by atoms with Gasteiger partial charge in [-0.2, -0.15) is 5.26 Å². The van der Waals surface area contributed by atoms with Crippen molar-refractivity contribution in [3.63, 3.8) is 0 Å². The number of benzene rings is 1. The van der Waals surface area contributed by atoms with E-state index in [0.717, 1.165) is 12.2 Å². The second kappa shape index (κ2) is 7.76. The summed E-state index contributed by atoms with van der Waals surface area (Å²) in [5.41, 5.74) is 2.62. The number of anilines is 3. The maximum absolute atomic E-state index is 8.81. The molecule has 0 radical (unpaired) electrons. The summed E-state index contributed by atoms with van der Waals surface area (Å²) in [6.07, 6.45) is 9.23. The van der Waals surface area contributed by atoms with Crippen molar-refractivity contribution in [1.29, 1.82) is 5.26 Å². The van der Waals surface area contributed by atoms with Gasteiger partial charge in [-0.05, 0) is 57.1 Å². The second-order valence-corrected chi connectivity index (χ2v) is 7.99. The van der Waals surface area contributed by atoms with Crippen LogP contribution in [0.1, 0.15) is 25.5 Å². The summed E-state index contributed by atoms with van der Waals surface area (Å²) in [7, 11) is 0. The van der Waals surface area contributed by atoms with E-state index in [-0.39, 0.29) is 5.69 Å². The number of nitriles is 1. The lowest BCUT2D eigenvalue weighted by molar-refractivity contribution is 0.128. The zero-order chi connectivity index (χ0) is 20.5. The Labute approximate surface area is 175 Å². The lowest BCUT2D eigenvalue weighted by Gasteiger charge is -2.36. The molecule has 2 saturated heterocycles. The molecule has 2 aliphatic rings. The smallest absolute Gasteiger partial charge is 0.158 e. The van der Waals surface area contributed by atoms with Gasteiger partial charge in [0.25, 0.3) is 0 Å². The van der Waals surface area contributed by atoms with Gasteiger partial charge in [0.15, 0.2) is 5.69 Å². The van der Waals surface area contributed by atoms with E-state index in [1.807, 2.05) is 16.8 Å². The Kier molecular flexibility index (Phi) is 4.81. The molecule has 3 aromatic rings. The minimum absolute atomic E-state index is 0.287. The topological polar surface area (TPSA) is 85.9 Å². The normalized spacial score (nSPS) is 21.3. The Balaban J connectivity index is 1.26. The maximum atomic E-state index is 8.81. The van der Waals surface area contributed by atoms with Gasteiger partial charge in [-0.15, -0.1) is 0 Å². The molecule has 1 N–H and O–H groups in total. The average molecular weight is 400 g/mol. The standard InChI is InChI=1S/C22H24N8/c1-16-9-20(28-7-2-8-28)13-30(16)19-5-3-18(4-6-19)29-14-22(26-15-29)27-21-12-24-17(10-23)11-25-21/h3-6,11-12,14-16,20H,2,7-9,13H2,1H3,(H,25,27). The molecule has 1 aromatic carbocycles. The van der Waals surface area contributed by atoms with Crippen LogP contribution in [-0.2, 0) is 0 Å². The van der Waals surface area contributed by atoms with Crippen LogP contribution >= 0.6 is 0 Å². The third kappa shape index (κ3) is 3.60. The molecule has 5 rings (SSSR count). The first-order chi connectivity index (χ1) is 14.7. The number of rotatable bonds is 5. The van der Waals surface area contributed by atoms with Crippen LogP contribution in [0.15, 0.2) is 49.2 Å². The number of hydrogen-bond donors (Lipinski definition) is 1. The SMILES string of the molecule is CC1CC(N2CCC2)CN1c1ccc(-n2cnc(Nc3cnc(C#N)cn3)c2)cc1. The third-order valence-corrected chi connectivity index (χ3v) is 6.04. The van der Waals surface area contributed by atoms with Crippen LogP contribution in [0.3, 0.4) is 0 Å². The highest BCUT2D eigenvalue weighted by molar-refractivity contribution is 5.55. The number of likely N-dealkylation sites (tertiary alicyclic amines) is 1. The van der Waals surface area contributed by atoms with Crippen LogP contribution in [0, 0.1) is 11.3 Å². The van der Waals surface area contributed by atoms with E-state index in [4.69, 9.17) is 5.26 Å². The molecule has 0 spiro atoms. The summed E-state index contributed by atoms with van der Waals surface area (Å²) in [4.78, 5) is 17.7. The van der Waals surface area contributed by atoms with Crippen molar-refractivity contribution in [2.75, 3.05) is 29.9 Å². The van der Waals surface area contributed by atoms with Crippen molar-refractivity contribution < 1.29 is 0 Å². The fourth-order valence-electron chi connectivity index (χ4n) is 4.26. The molecule has 0 amide bonds. The fraction of sp³-hybridized carbons (Fsp3) is 0.364. The fourth-order valence-corrected chi connectivity index (χ4v) is 4.26. The highest BCUT2D eigenvalue weighted by atomic mass is 15.3. The molecule has 0 aliphatic carbocycles. The highest BCUT2D eigenvalue weighted by Gasteiger charge is 2.34. The minimum atomic E-state index is 0.287. The van der Waals surface area contributed by atoms with Crippen molar-refractivity contribution in [1.82, 2.24) is 24.4 Å². The molecule has 152 valence electrons. The maximum Gasteiger partial charge on any atom is 0.158 e. The Hall–Kier alpha value is -3.44. The number of imidazole rings is 1. The molecule has 2 unspecified atom stereocenters. The van der Waals surface area contributed by atoms with Gasteiger partial charge in [-0.1, -0.05) is 0 Å². The van der Waals surface area contributed by atoms with Crippen molar-refractivity contribution >= 4 is 17.3 Å². The first-order valence-electron chi connectivity index (χ1n) is 10.3. The monoisotopic (exact) mass is 400 g/mol. The summed E-state index contributed by atoms with van der Waals surface area (Å²) in [6, 6.07) is 11.9. The van der Waals surface area contributed by atoms with E-state index >= 15 is 0 Å². The van der Waals surface area contributed by atoms with Gasteiger partial charge in [0.2, 0.25) is 0 Å². The number of nitrogens with zero attached hydrogens (tertiary/aromatic N) is 7. The van der Waals surface area contributed by atoms with Crippen LogP contribution in [0.4, 0.5) is 17.3 Å². The molecule has 4 heterocycles. The predicted octanol–water partition coefficient (Wildman–Crippen LogP) is 2.95. The molecule has 2 fully saturated rings. The minimum Gasteiger partial charge on any atom is -0.367 e. The number of aromatic nitrogens is 4. The molecule has 2 aliphatic heterocycles. The van der Waals surface area contributed by atoms with E-state index < -0.39 is 0 Å². The quantitative estimate of drug-likeness (QED) is 0.705. The molecule has 30 heavy (non-hydrogen) atoms. The zero-order valence-electron chi connectivity index (χ0n) is 16.9. The van der Waals surface area contributed by atoms with E-state index in [0.29, 0.717) is 23.7 Å². The summed E-state index contributed by atoms with van der Waals surface area (Å²) < 4.78 is 1.97. The Morgan fingerprint density at radius 3 is 2.50 bits per heavy atom. The van der Waals surface area contributed by atoms with E-state index in [9.17, 15) is 0 Å². The van der Waals surface area contributed by atoms with Crippen molar-refractivity contribution in [3.8, 4) is 11.8 Å². The Morgan fingerprint density at radius 1 is 1.03 bits per heavy atom. The van der Waals surface area contributed by atoms with Crippen LogP contribution in [0.25, 0.3) is 5.69 Å². The van der Waals surface area contributed by atoms with Gasteiger partial charge < -0.3 is 14.8 Å². The number of hydrogen-bond acceptors (Lipinski definition) is 7. The molecule has 0 bridgehead atoms. The van der Waals surface area contributed by atoms with Gasteiger partial charge in [0.1, 0.15) is 24.0 Å². The van der Waals surface area contributed by atoms with Crippen LogP contribution in [0.5, 0.6) is 0 Å². The van der Waals surface area contributed by atoms with Crippen molar-refractivity contribution in [2.45, 2.75) is 31.8 Å². The lowest BCUT2D eigenvalue weighted by Crippen LogP contribution is -2.46. The van der Waals surface area contributed by atoms with E-state index in [1.54, 1.807) is 6.33 Å². The molecular weight excluding hydrogens is 376 g/mol. The average Bonchev–Trinajstić information content (AvgIpc) is 3.34.